The monoisotopic (exact) mass is 294 g/mol. The van der Waals surface area contributed by atoms with E-state index in [4.69, 9.17) is 9.84 Å². The van der Waals surface area contributed by atoms with E-state index < -0.39 is 5.97 Å². The van der Waals surface area contributed by atoms with Gasteiger partial charge < -0.3 is 19.7 Å². The van der Waals surface area contributed by atoms with Gasteiger partial charge in [0, 0.05) is 25.9 Å². The topological polar surface area (TPSA) is 80.6 Å². The molecule has 116 valence electrons. The van der Waals surface area contributed by atoms with Gasteiger partial charge in [0.05, 0.1) is 12.5 Å². The fourth-order valence-corrected chi connectivity index (χ4v) is 2.75. The molecule has 0 radical (unpaired) electrons. The molecule has 0 unspecified atom stereocenters. The summed E-state index contributed by atoms with van der Waals surface area (Å²) in [6.45, 7) is 1.19. The zero-order valence-electron chi connectivity index (χ0n) is 12.2. The molecule has 1 saturated carbocycles. The maximum absolute atomic E-state index is 12.3. The van der Waals surface area contributed by atoms with Crippen molar-refractivity contribution in [1.82, 2.24) is 9.88 Å². The second-order valence-corrected chi connectivity index (χ2v) is 5.44. The standard InChI is InChI=1S/C15H22N2O4/c1-21-10-9-17-8-2-3-13(17)14(18)16-12-6-4-11(5-7-12)15(19)20/h2-3,8,11-12H,4-7,9-10H2,1H3,(H,16,18)(H,19,20). The Bertz CT molecular complexity index is 490. The van der Waals surface area contributed by atoms with Crippen LogP contribution in [0.25, 0.3) is 0 Å². The van der Waals surface area contributed by atoms with Gasteiger partial charge in [0.2, 0.25) is 0 Å². The Kier molecular flexibility index (Phi) is 5.38. The lowest BCUT2D eigenvalue weighted by Crippen LogP contribution is -2.39. The molecule has 1 aliphatic rings. The van der Waals surface area contributed by atoms with Gasteiger partial charge in [-0.05, 0) is 37.8 Å². The van der Waals surface area contributed by atoms with Gasteiger partial charge in [0.15, 0.2) is 0 Å². The second-order valence-electron chi connectivity index (χ2n) is 5.44. The lowest BCUT2D eigenvalue weighted by molar-refractivity contribution is -0.142. The minimum absolute atomic E-state index is 0.0684. The summed E-state index contributed by atoms with van der Waals surface area (Å²) in [5.41, 5.74) is 0.618. The van der Waals surface area contributed by atoms with Crippen LogP contribution in [0, 0.1) is 5.92 Å². The molecule has 21 heavy (non-hydrogen) atoms. The van der Waals surface area contributed by atoms with E-state index in [1.54, 1.807) is 13.2 Å². The highest BCUT2D eigenvalue weighted by Crippen LogP contribution is 2.24. The molecule has 0 aromatic carbocycles. The fourth-order valence-electron chi connectivity index (χ4n) is 2.75. The summed E-state index contributed by atoms with van der Waals surface area (Å²) >= 11 is 0. The number of aliphatic carboxylic acids is 1. The number of amides is 1. The summed E-state index contributed by atoms with van der Waals surface area (Å²) in [5, 5.41) is 12.0. The smallest absolute Gasteiger partial charge is 0.306 e. The van der Waals surface area contributed by atoms with Crippen molar-refractivity contribution in [3.63, 3.8) is 0 Å². The molecule has 0 spiro atoms. The molecular weight excluding hydrogens is 272 g/mol. The Balaban J connectivity index is 1.88. The first-order chi connectivity index (χ1) is 10.1. The van der Waals surface area contributed by atoms with Gasteiger partial charge in [0.1, 0.15) is 5.69 Å². The second kappa shape index (κ2) is 7.26. The van der Waals surface area contributed by atoms with Crippen molar-refractivity contribution < 1.29 is 19.4 Å². The van der Waals surface area contributed by atoms with Crippen LogP contribution in [0.3, 0.4) is 0 Å². The largest absolute Gasteiger partial charge is 0.481 e. The maximum atomic E-state index is 12.3. The molecule has 0 atom stereocenters. The number of nitrogens with zero attached hydrogens (tertiary/aromatic N) is 1. The van der Waals surface area contributed by atoms with E-state index in [1.165, 1.54) is 0 Å². The minimum atomic E-state index is -0.729. The molecule has 2 rings (SSSR count). The van der Waals surface area contributed by atoms with Crippen LogP contribution in [-0.2, 0) is 16.1 Å². The summed E-state index contributed by atoms with van der Waals surface area (Å²) in [7, 11) is 1.63. The van der Waals surface area contributed by atoms with Crippen molar-refractivity contribution in [2.24, 2.45) is 5.92 Å². The van der Waals surface area contributed by atoms with Crippen molar-refractivity contribution in [2.75, 3.05) is 13.7 Å². The Morgan fingerprint density at radius 3 is 2.71 bits per heavy atom. The SMILES string of the molecule is COCCn1cccc1C(=O)NC1CCC(C(=O)O)CC1. The lowest BCUT2D eigenvalue weighted by atomic mass is 9.86. The quantitative estimate of drug-likeness (QED) is 0.833. The first kappa shape index (κ1) is 15.6. The molecule has 0 bridgehead atoms. The predicted molar refractivity (Wildman–Crippen MR) is 77.2 cm³/mol. The van der Waals surface area contributed by atoms with Gasteiger partial charge in [-0.15, -0.1) is 0 Å². The number of hydrogen-bond donors (Lipinski definition) is 2. The van der Waals surface area contributed by atoms with E-state index in [1.807, 2.05) is 16.8 Å². The molecule has 6 heteroatoms. The van der Waals surface area contributed by atoms with Crippen molar-refractivity contribution in [3.8, 4) is 0 Å². The fraction of sp³-hybridized carbons (Fsp3) is 0.600. The molecule has 1 heterocycles. The van der Waals surface area contributed by atoms with Crippen LogP contribution in [0.15, 0.2) is 18.3 Å². The van der Waals surface area contributed by atoms with Gasteiger partial charge in [-0.2, -0.15) is 0 Å². The first-order valence-corrected chi connectivity index (χ1v) is 7.29. The summed E-state index contributed by atoms with van der Waals surface area (Å²) in [6, 6.07) is 3.69. The van der Waals surface area contributed by atoms with E-state index in [2.05, 4.69) is 5.32 Å². The number of carboxylic acid groups (broad SMARTS) is 1. The Hall–Kier alpha value is -1.82. The predicted octanol–water partition coefficient (Wildman–Crippen LogP) is 1.51. The van der Waals surface area contributed by atoms with E-state index in [-0.39, 0.29) is 17.9 Å². The van der Waals surface area contributed by atoms with Crippen LogP contribution in [0.4, 0.5) is 0 Å². The number of hydrogen-bond acceptors (Lipinski definition) is 3. The number of nitrogens with one attached hydrogen (secondary N) is 1. The van der Waals surface area contributed by atoms with E-state index in [0.29, 0.717) is 31.7 Å². The molecule has 0 saturated heterocycles. The number of aromatic nitrogens is 1. The number of methoxy groups -OCH3 is 1. The van der Waals surface area contributed by atoms with Gasteiger partial charge in [-0.25, -0.2) is 0 Å². The molecule has 2 N–H and O–H groups in total. The number of carboxylic acids is 1. The third-order valence-corrected chi connectivity index (χ3v) is 4.01. The molecule has 1 aromatic rings. The van der Waals surface area contributed by atoms with Crippen molar-refractivity contribution in [2.45, 2.75) is 38.3 Å². The highest BCUT2D eigenvalue weighted by atomic mass is 16.5. The summed E-state index contributed by atoms with van der Waals surface area (Å²) < 4.78 is 6.89. The van der Waals surface area contributed by atoms with Gasteiger partial charge >= 0.3 is 5.97 Å². The number of rotatable bonds is 6. The normalized spacial score (nSPS) is 22.0. The van der Waals surface area contributed by atoms with E-state index >= 15 is 0 Å². The molecular formula is C15H22N2O4. The third-order valence-electron chi connectivity index (χ3n) is 4.01. The van der Waals surface area contributed by atoms with Gasteiger partial charge in [-0.1, -0.05) is 0 Å². The molecule has 0 aliphatic heterocycles. The lowest BCUT2D eigenvalue weighted by Gasteiger charge is -2.27. The average Bonchev–Trinajstić information content (AvgIpc) is 2.94. The van der Waals surface area contributed by atoms with Gasteiger partial charge in [-0.3, -0.25) is 9.59 Å². The highest BCUT2D eigenvalue weighted by Gasteiger charge is 2.27. The van der Waals surface area contributed by atoms with E-state index in [0.717, 1.165) is 12.8 Å². The maximum Gasteiger partial charge on any atom is 0.306 e. The molecule has 1 amide bonds. The van der Waals surface area contributed by atoms with Crippen LogP contribution in [0.1, 0.15) is 36.2 Å². The number of carbonyl (C=O) groups excluding carboxylic acids is 1. The van der Waals surface area contributed by atoms with Crippen molar-refractivity contribution in [1.29, 1.82) is 0 Å². The Labute approximate surface area is 124 Å². The Morgan fingerprint density at radius 1 is 1.38 bits per heavy atom. The molecule has 1 fully saturated rings. The van der Waals surface area contributed by atoms with Crippen LogP contribution < -0.4 is 5.32 Å². The third kappa shape index (κ3) is 4.07. The Morgan fingerprint density at radius 2 is 2.10 bits per heavy atom. The van der Waals surface area contributed by atoms with Crippen LogP contribution in [0.5, 0.6) is 0 Å². The first-order valence-electron chi connectivity index (χ1n) is 7.29. The molecule has 1 aromatic heterocycles. The average molecular weight is 294 g/mol. The minimum Gasteiger partial charge on any atom is -0.481 e. The number of carbonyl (C=O) groups is 2. The summed E-state index contributed by atoms with van der Waals surface area (Å²) in [4.78, 5) is 23.2. The highest BCUT2D eigenvalue weighted by molar-refractivity contribution is 5.93. The molecule has 1 aliphatic carbocycles. The van der Waals surface area contributed by atoms with Crippen LogP contribution >= 0.6 is 0 Å². The van der Waals surface area contributed by atoms with Crippen LogP contribution in [0.2, 0.25) is 0 Å². The van der Waals surface area contributed by atoms with Crippen molar-refractivity contribution >= 4 is 11.9 Å². The zero-order valence-corrected chi connectivity index (χ0v) is 12.2. The molecule has 6 nitrogen and oxygen atoms in total. The van der Waals surface area contributed by atoms with E-state index in [9.17, 15) is 9.59 Å². The van der Waals surface area contributed by atoms with Gasteiger partial charge in [0.25, 0.3) is 5.91 Å². The summed E-state index contributed by atoms with van der Waals surface area (Å²) in [6.07, 6.45) is 4.56. The number of ether oxygens (including phenoxy) is 1. The zero-order chi connectivity index (χ0) is 15.2. The summed E-state index contributed by atoms with van der Waals surface area (Å²) in [5.74, 6) is -1.09. The van der Waals surface area contributed by atoms with Crippen LogP contribution in [-0.4, -0.2) is 41.3 Å². The van der Waals surface area contributed by atoms with Crippen molar-refractivity contribution in [3.05, 3.63) is 24.0 Å².